The van der Waals surface area contributed by atoms with E-state index in [1.807, 2.05) is 18.2 Å². The Morgan fingerprint density at radius 3 is 2.83 bits per heavy atom. The Kier molecular flexibility index (Phi) is 4.36. The molecule has 18 heavy (non-hydrogen) atoms. The molecule has 4 nitrogen and oxygen atoms in total. The van der Waals surface area contributed by atoms with E-state index in [1.165, 1.54) is 11.9 Å². The average molecular weight is 264 g/mol. The van der Waals surface area contributed by atoms with Crippen molar-refractivity contribution in [2.75, 3.05) is 11.9 Å². The Labute approximate surface area is 110 Å². The van der Waals surface area contributed by atoms with Crippen molar-refractivity contribution in [2.24, 2.45) is 0 Å². The molecule has 0 aliphatic carbocycles. The number of halogens is 1. The number of aromatic nitrogens is 2. The van der Waals surface area contributed by atoms with Crippen molar-refractivity contribution in [3.05, 3.63) is 57.6 Å². The quantitative estimate of drug-likeness (QED) is 0.815. The van der Waals surface area contributed by atoms with Crippen LogP contribution in [-0.2, 0) is 6.42 Å². The predicted molar refractivity (Wildman–Crippen MR) is 73.1 cm³/mol. The summed E-state index contributed by atoms with van der Waals surface area (Å²) in [6.07, 6.45) is 3.28. The highest BCUT2D eigenvalue weighted by Gasteiger charge is 2.04. The number of H-pyrrole nitrogens is 1. The summed E-state index contributed by atoms with van der Waals surface area (Å²) in [4.78, 5) is 17.6. The molecule has 2 N–H and O–H groups in total. The first kappa shape index (κ1) is 12.6. The van der Waals surface area contributed by atoms with E-state index in [0.29, 0.717) is 5.82 Å². The molecule has 2 rings (SSSR count). The lowest BCUT2D eigenvalue weighted by molar-refractivity contribution is 0.857. The molecule has 0 saturated heterocycles. The van der Waals surface area contributed by atoms with E-state index < -0.39 is 0 Å². The van der Waals surface area contributed by atoms with Gasteiger partial charge in [0.2, 0.25) is 0 Å². The summed E-state index contributed by atoms with van der Waals surface area (Å²) in [6.45, 7) is 0.727. The van der Waals surface area contributed by atoms with Crippen LogP contribution in [0.4, 0.5) is 5.82 Å². The third-order valence-electron chi connectivity index (χ3n) is 2.57. The fourth-order valence-electron chi connectivity index (χ4n) is 1.65. The van der Waals surface area contributed by atoms with Crippen molar-refractivity contribution >= 4 is 17.4 Å². The largest absolute Gasteiger partial charge is 0.369 e. The predicted octanol–water partition coefficient (Wildman–Crippen LogP) is 2.47. The molecule has 1 aromatic heterocycles. The lowest BCUT2D eigenvalue weighted by Crippen LogP contribution is -2.12. The molecule has 1 heterocycles. The van der Waals surface area contributed by atoms with Crippen molar-refractivity contribution < 1.29 is 0 Å². The van der Waals surface area contributed by atoms with Gasteiger partial charge in [-0.2, -0.15) is 0 Å². The lowest BCUT2D eigenvalue weighted by Gasteiger charge is -2.06. The maximum absolute atomic E-state index is 11.2. The topological polar surface area (TPSA) is 57.8 Å². The van der Waals surface area contributed by atoms with Crippen LogP contribution in [-0.4, -0.2) is 16.5 Å². The second-order valence-corrected chi connectivity index (χ2v) is 4.29. The number of anilines is 1. The number of rotatable bonds is 5. The molecule has 1 aromatic carbocycles. The molecule has 0 amide bonds. The Balaban J connectivity index is 1.82. The molecule has 5 heteroatoms. The van der Waals surface area contributed by atoms with Gasteiger partial charge in [0.1, 0.15) is 5.02 Å². The molecule has 0 unspecified atom stereocenters. The van der Waals surface area contributed by atoms with Crippen LogP contribution in [0.2, 0.25) is 5.02 Å². The van der Waals surface area contributed by atoms with Gasteiger partial charge in [-0.15, -0.1) is 0 Å². The summed E-state index contributed by atoms with van der Waals surface area (Å²) >= 11 is 5.82. The molecule has 0 spiro atoms. The van der Waals surface area contributed by atoms with Gasteiger partial charge in [0, 0.05) is 6.54 Å². The first-order chi connectivity index (χ1) is 8.77. The number of hydrogen-bond acceptors (Lipinski definition) is 3. The summed E-state index contributed by atoms with van der Waals surface area (Å²) in [5.74, 6) is 0.438. The van der Waals surface area contributed by atoms with E-state index in [2.05, 4.69) is 27.4 Å². The molecule has 0 aliphatic heterocycles. The zero-order chi connectivity index (χ0) is 12.8. The van der Waals surface area contributed by atoms with E-state index in [1.54, 1.807) is 0 Å². The number of aryl methyl sites for hydroxylation is 1. The van der Waals surface area contributed by atoms with Gasteiger partial charge in [0.05, 0.1) is 6.33 Å². The third kappa shape index (κ3) is 3.34. The normalized spacial score (nSPS) is 10.3. The van der Waals surface area contributed by atoms with E-state index >= 15 is 0 Å². The molecule has 0 atom stereocenters. The van der Waals surface area contributed by atoms with Crippen molar-refractivity contribution in [1.29, 1.82) is 0 Å². The van der Waals surface area contributed by atoms with Gasteiger partial charge in [-0.1, -0.05) is 41.9 Å². The first-order valence-corrected chi connectivity index (χ1v) is 6.16. The summed E-state index contributed by atoms with van der Waals surface area (Å²) in [5, 5.41) is 3.17. The fourth-order valence-corrected chi connectivity index (χ4v) is 1.82. The molecule has 94 valence electrons. The fraction of sp³-hybridized carbons (Fsp3) is 0.231. The molecule has 0 fully saturated rings. The maximum atomic E-state index is 11.2. The smallest absolute Gasteiger partial charge is 0.271 e. The molecule has 0 bridgehead atoms. The van der Waals surface area contributed by atoms with Crippen LogP contribution in [0, 0.1) is 0 Å². The number of nitrogens with zero attached hydrogens (tertiary/aromatic N) is 1. The number of nitrogens with one attached hydrogen (secondary N) is 2. The van der Waals surface area contributed by atoms with Gasteiger partial charge in [-0.05, 0) is 18.4 Å². The lowest BCUT2D eigenvalue weighted by atomic mass is 10.1. The first-order valence-electron chi connectivity index (χ1n) is 5.78. The third-order valence-corrected chi connectivity index (χ3v) is 2.92. The van der Waals surface area contributed by atoms with Gasteiger partial charge in [0.25, 0.3) is 5.56 Å². The Morgan fingerprint density at radius 1 is 1.28 bits per heavy atom. The standard InChI is InChI=1S/C13H14ClN3O/c14-11-12(16-9-17-13(11)18)15-8-4-7-10-5-2-1-3-6-10/h1-3,5-6,9H,4,7-8H2,(H2,15,16,17,18). The highest BCUT2D eigenvalue weighted by molar-refractivity contribution is 6.32. The zero-order valence-electron chi connectivity index (χ0n) is 9.82. The van der Waals surface area contributed by atoms with Crippen molar-refractivity contribution in [2.45, 2.75) is 12.8 Å². The Morgan fingerprint density at radius 2 is 2.06 bits per heavy atom. The molecule has 0 radical (unpaired) electrons. The van der Waals surface area contributed by atoms with Crippen LogP contribution in [0.25, 0.3) is 0 Å². The van der Waals surface area contributed by atoms with Gasteiger partial charge < -0.3 is 10.3 Å². The average Bonchev–Trinajstić information content (AvgIpc) is 2.40. The van der Waals surface area contributed by atoms with E-state index in [-0.39, 0.29) is 10.6 Å². The molecule has 2 aromatic rings. The van der Waals surface area contributed by atoms with Crippen LogP contribution in [0.15, 0.2) is 41.5 Å². The van der Waals surface area contributed by atoms with Crippen molar-refractivity contribution in [3.63, 3.8) is 0 Å². The summed E-state index contributed by atoms with van der Waals surface area (Å²) < 4.78 is 0. The van der Waals surface area contributed by atoms with Gasteiger partial charge in [-0.25, -0.2) is 4.98 Å². The van der Waals surface area contributed by atoms with E-state index in [9.17, 15) is 4.79 Å². The van der Waals surface area contributed by atoms with Gasteiger partial charge >= 0.3 is 0 Å². The van der Waals surface area contributed by atoms with Crippen molar-refractivity contribution in [3.8, 4) is 0 Å². The summed E-state index contributed by atoms with van der Waals surface area (Å²) in [5.41, 5.74) is 0.974. The highest BCUT2D eigenvalue weighted by Crippen LogP contribution is 2.12. The number of aromatic amines is 1. The van der Waals surface area contributed by atoms with Gasteiger partial charge in [-0.3, -0.25) is 4.79 Å². The van der Waals surface area contributed by atoms with Crippen LogP contribution < -0.4 is 10.9 Å². The SMILES string of the molecule is O=c1[nH]cnc(NCCCc2ccccc2)c1Cl. The van der Waals surface area contributed by atoms with Crippen molar-refractivity contribution in [1.82, 2.24) is 9.97 Å². The van der Waals surface area contributed by atoms with E-state index in [4.69, 9.17) is 11.6 Å². The number of benzene rings is 1. The second-order valence-electron chi connectivity index (χ2n) is 3.91. The maximum Gasteiger partial charge on any atom is 0.271 e. The van der Waals surface area contributed by atoms with Crippen LogP contribution in [0.5, 0.6) is 0 Å². The zero-order valence-corrected chi connectivity index (χ0v) is 10.6. The molecular weight excluding hydrogens is 250 g/mol. The highest BCUT2D eigenvalue weighted by atomic mass is 35.5. The van der Waals surface area contributed by atoms with Crippen LogP contribution in [0.1, 0.15) is 12.0 Å². The van der Waals surface area contributed by atoms with E-state index in [0.717, 1.165) is 19.4 Å². The van der Waals surface area contributed by atoms with Crippen LogP contribution >= 0.6 is 11.6 Å². The minimum atomic E-state index is -0.322. The molecule has 0 saturated carbocycles. The minimum Gasteiger partial charge on any atom is -0.369 e. The summed E-state index contributed by atoms with van der Waals surface area (Å²) in [6, 6.07) is 10.2. The second kappa shape index (κ2) is 6.21. The van der Waals surface area contributed by atoms with Crippen LogP contribution in [0.3, 0.4) is 0 Å². The Hall–Kier alpha value is -1.81. The molecule has 0 aliphatic rings. The van der Waals surface area contributed by atoms with Gasteiger partial charge in [0.15, 0.2) is 5.82 Å². The molecular formula is C13H14ClN3O. The minimum absolute atomic E-state index is 0.109. The number of hydrogen-bond donors (Lipinski definition) is 2. The monoisotopic (exact) mass is 263 g/mol. The Bertz CT molecular complexity index is 554. The summed E-state index contributed by atoms with van der Waals surface area (Å²) in [7, 11) is 0.